The Morgan fingerprint density at radius 2 is 2.07 bits per heavy atom. The number of rotatable bonds is 3. The molecular weight excluding hydrogens is 188 g/mol. The van der Waals surface area contributed by atoms with Crippen molar-refractivity contribution in [2.75, 3.05) is 0 Å². The van der Waals surface area contributed by atoms with E-state index in [0.29, 0.717) is 5.56 Å². The lowest BCUT2D eigenvalue weighted by Gasteiger charge is -2.11. The summed E-state index contributed by atoms with van der Waals surface area (Å²) in [7, 11) is 0. The summed E-state index contributed by atoms with van der Waals surface area (Å²) in [6.07, 6.45) is 0.785. The van der Waals surface area contributed by atoms with E-state index in [-0.39, 0.29) is 12.1 Å². The minimum Gasteiger partial charge on any atom is -0.459 e. The van der Waals surface area contributed by atoms with Crippen LogP contribution in [-0.2, 0) is 11.2 Å². The van der Waals surface area contributed by atoms with Crippen LogP contribution in [0.2, 0.25) is 0 Å². The molecule has 0 fully saturated rings. The lowest BCUT2D eigenvalue weighted by molar-refractivity contribution is 0.0376. The van der Waals surface area contributed by atoms with Crippen LogP contribution < -0.4 is 0 Å². The Bertz CT molecular complexity index is 354. The lowest BCUT2D eigenvalue weighted by atomic mass is 10.0. The zero-order chi connectivity index (χ0) is 11.4. The Hall–Kier alpha value is -1.31. The number of carbonyl (C=O) groups excluding carboxylic acids is 1. The van der Waals surface area contributed by atoms with Gasteiger partial charge in [-0.05, 0) is 38.8 Å². The van der Waals surface area contributed by atoms with E-state index in [9.17, 15) is 4.79 Å². The van der Waals surface area contributed by atoms with Gasteiger partial charge < -0.3 is 4.74 Å². The molecule has 0 saturated heterocycles. The van der Waals surface area contributed by atoms with Gasteiger partial charge in [-0.15, -0.1) is 0 Å². The van der Waals surface area contributed by atoms with E-state index in [1.807, 2.05) is 45.9 Å². The molecule has 0 aromatic heterocycles. The number of esters is 1. The molecule has 2 nitrogen and oxygen atoms in total. The van der Waals surface area contributed by atoms with Crippen LogP contribution in [0.5, 0.6) is 0 Å². The van der Waals surface area contributed by atoms with E-state index >= 15 is 0 Å². The fraction of sp³-hybridized carbons (Fsp3) is 0.462. The normalized spacial score (nSPS) is 10.5. The Labute approximate surface area is 91.3 Å². The van der Waals surface area contributed by atoms with Crippen molar-refractivity contribution in [2.24, 2.45) is 0 Å². The molecule has 1 aromatic rings. The Balaban J connectivity index is 2.97. The average Bonchev–Trinajstić information content (AvgIpc) is 2.16. The van der Waals surface area contributed by atoms with Crippen LogP contribution in [0.4, 0.5) is 0 Å². The third kappa shape index (κ3) is 3.08. The third-order valence-electron chi connectivity index (χ3n) is 2.20. The predicted octanol–water partition coefficient (Wildman–Crippen LogP) is 3.12. The van der Waals surface area contributed by atoms with Crippen molar-refractivity contribution < 1.29 is 9.53 Å². The summed E-state index contributed by atoms with van der Waals surface area (Å²) >= 11 is 0. The van der Waals surface area contributed by atoms with Gasteiger partial charge in [-0.3, -0.25) is 0 Å². The Morgan fingerprint density at radius 3 is 2.60 bits per heavy atom. The van der Waals surface area contributed by atoms with Gasteiger partial charge in [-0.2, -0.15) is 0 Å². The molecule has 1 rings (SSSR count). The van der Waals surface area contributed by atoms with Gasteiger partial charge in [0.25, 0.3) is 0 Å². The highest BCUT2D eigenvalue weighted by molar-refractivity contribution is 5.91. The third-order valence-corrected chi connectivity index (χ3v) is 2.20. The number of hydrogen-bond acceptors (Lipinski definition) is 2. The van der Waals surface area contributed by atoms with Crippen LogP contribution >= 0.6 is 0 Å². The number of benzene rings is 1. The second-order valence-electron chi connectivity index (χ2n) is 3.97. The van der Waals surface area contributed by atoms with E-state index in [1.165, 1.54) is 5.56 Å². The highest BCUT2D eigenvalue weighted by atomic mass is 16.5. The van der Waals surface area contributed by atoms with Gasteiger partial charge in [0.2, 0.25) is 0 Å². The molecule has 82 valence electrons. The Morgan fingerprint density at radius 1 is 1.40 bits per heavy atom. The quantitative estimate of drug-likeness (QED) is 0.710. The number of carbonyl (C=O) groups is 1. The molecule has 0 aliphatic heterocycles. The molecule has 0 amide bonds. The van der Waals surface area contributed by atoms with Gasteiger partial charge in [-0.25, -0.2) is 4.79 Å². The van der Waals surface area contributed by atoms with Crippen LogP contribution in [0, 0.1) is 6.92 Å². The molecule has 2 heteroatoms. The van der Waals surface area contributed by atoms with Gasteiger partial charge in [0.05, 0.1) is 11.7 Å². The van der Waals surface area contributed by atoms with Crippen molar-refractivity contribution in [1.29, 1.82) is 0 Å². The largest absolute Gasteiger partial charge is 0.459 e. The van der Waals surface area contributed by atoms with Gasteiger partial charge >= 0.3 is 5.97 Å². The van der Waals surface area contributed by atoms with Gasteiger partial charge in [0, 0.05) is 0 Å². The second kappa shape index (κ2) is 4.96. The molecule has 1 aromatic carbocycles. The first kappa shape index (κ1) is 11.8. The maximum Gasteiger partial charge on any atom is 0.338 e. The number of ether oxygens (including phenoxy) is 1. The SMILES string of the molecule is CCc1cc(C)ccc1C(=O)OC(C)C. The summed E-state index contributed by atoms with van der Waals surface area (Å²) in [6, 6.07) is 5.83. The molecule has 0 aliphatic rings. The van der Waals surface area contributed by atoms with Gasteiger partial charge in [0.1, 0.15) is 0 Å². The summed E-state index contributed by atoms with van der Waals surface area (Å²) in [5.74, 6) is -0.221. The first-order valence-corrected chi connectivity index (χ1v) is 5.35. The zero-order valence-electron chi connectivity index (χ0n) is 9.83. The molecule has 0 unspecified atom stereocenters. The van der Waals surface area contributed by atoms with Gasteiger partial charge in [-0.1, -0.05) is 24.6 Å². The monoisotopic (exact) mass is 206 g/mol. The highest BCUT2D eigenvalue weighted by Gasteiger charge is 2.12. The van der Waals surface area contributed by atoms with E-state index < -0.39 is 0 Å². The summed E-state index contributed by atoms with van der Waals surface area (Å²) in [4.78, 5) is 11.7. The van der Waals surface area contributed by atoms with Crippen LogP contribution in [0.3, 0.4) is 0 Å². The minimum absolute atomic E-state index is 0.0662. The molecule has 0 bridgehead atoms. The molecule has 0 saturated carbocycles. The maximum absolute atomic E-state index is 11.7. The van der Waals surface area contributed by atoms with E-state index in [4.69, 9.17) is 4.74 Å². The fourth-order valence-corrected chi connectivity index (χ4v) is 1.49. The van der Waals surface area contributed by atoms with Crippen molar-refractivity contribution in [2.45, 2.75) is 40.2 Å². The summed E-state index contributed by atoms with van der Waals surface area (Å²) in [5.41, 5.74) is 2.92. The fourth-order valence-electron chi connectivity index (χ4n) is 1.49. The molecule has 0 N–H and O–H groups in total. The molecule has 0 spiro atoms. The minimum atomic E-state index is -0.221. The van der Waals surface area contributed by atoms with E-state index in [1.54, 1.807) is 0 Å². The number of aryl methyl sites for hydroxylation is 2. The molecule has 0 radical (unpaired) electrons. The standard InChI is InChI=1S/C13H18O2/c1-5-11-8-10(4)6-7-12(11)13(14)15-9(2)3/h6-9H,5H2,1-4H3. The number of hydrogen-bond donors (Lipinski definition) is 0. The first-order valence-electron chi connectivity index (χ1n) is 5.35. The average molecular weight is 206 g/mol. The molecule has 0 heterocycles. The van der Waals surface area contributed by atoms with Crippen molar-refractivity contribution in [3.63, 3.8) is 0 Å². The van der Waals surface area contributed by atoms with Crippen LogP contribution in [0.25, 0.3) is 0 Å². The van der Waals surface area contributed by atoms with E-state index in [2.05, 4.69) is 0 Å². The smallest absolute Gasteiger partial charge is 0.338 e. The molecular formula is C13H18O2. The predicted molar refractivity (Wildman–Crippen MR) is 61.1 cm³/mol. The molecule has 0 atom stereocenters. The summed E-state index contributed by atoms with van der Waals surface area (Å²) in [6.45, 7) is 7.78. The van der Waals surface area contributed by atoms with Crippen molar-refractivity contribution >= 4 is 5.97 Å². The molecule has 15 heavy (non-hydrogen) atoms. The van der Waals surface area contributed by atoms with Crippen LogP contribution in [0.1, 0.15) is 42.3 Å². The van der Waals surface area contributed by atoms with Crippen LogP contribution in [-0.4, -0.2) is 12.1 Å². The topological polar surface area (TPSA) is 26.3 Å². The summed E-state index contributed by atoms with van der Waals surface area (Å²) < 4.78 is 5.18. The Kier molecular flexibility index (Phi) is 3.89. The van der Waals surface area contributed by atoms with E-state index in [0.717, 1.165) is 12.0 Å². The van der Waals surface area contributed by atoms with Crippen molar-refractivity contribution in [3.8, 4) is 0 Å². The summed E-state index contributed by atoms with van der Waals surface area (Å²) in [5, 5.41) is 0. The lowest BCUT2D eigenvalue weighted by Crippen LogP contribution is -2.13. The maximum atomic E-state index is 11.7. The van der Waals surface area contributed by atoms with Crippen molar-refractivity contribution in [3.05, 3.63) is 34.9 Å². The zero-order valence-corrected chi connectivity index (χ0v) is 9.83. The molecule has 0 aliphatic carbocycles. The second-order valence-corrected chi connectivity index (χ2v) is 3.97. The first-order chi connectivity index (χ1) is 7.04. The van der Waals surface area contributed by atoms with Crippen molar-refractivity contribution in [1.82, 2.24) is 0 Å². The van der Waals surface area contributed by atoms with Crippen LogP contribution in [0.15, 0.2) is 18.2 Å². The van der Waals surface area contributed by atoms with Gasteiger partial charge in [0.15, 0.2) is 0 Å². The highest BCUT2D eigenvalue weighted by Crippen LogP contribution is 2.14.